The maximum Gasteiger partial charge on any atom is 0.182 e. The van der Waals surface area contributed by atoms with E-state index in [2.05, 4.69) is 0 Å². The van der Waals surface area contributed by atoms with E-state index in [0.29, 0.717) is 87.5 Å². The molecule has 10 heteroatoms. The van der Waals surface area contributed by atoms with Crippen molar-refractivity contribution in [2.45, 2.75) is 32.1 Å². The largest absolute Gasteiger partial charge is 0.496 e. The molecule has 10 bridgehead atoms. The summed E-state index contributed by atoms with van der Waals surface area (Å²) in [6.07, 6.45) is 4.53. The van der Waals surface area contributed by atoms with Crippen LogP contribution in [0.1, 0.15) is 44.5 Å². The van der Waals surface area contributed by atoms with Gasteiger partial charge in [-0.3, -0.25) is 9.59 Å². The predicted molar refractivity (Wildman–Crippen MR) is 200 cm³/mol. The van der Waals surface area contributed by atoms with Gasteiger partial charge >= 0.3 is 0 Å². The average Bonchev–Trinajstić information content (AvgIpc) is 3.17. The second kappa shape index (κ2) is 15.8. The van der Waals surface area contributed by atoms with Gasteiger partial charge in [0.25, 0.3) is 0 Å². The number of ether oxygens (including phenoxy) is 8. The Morgan fingerprint density at radius 1 is 0.302 bits per heavy atom. The third kappa shape index (κ3) is 7.40. The second-order valence-corrected chi connectivity index (χ2v) is 12.9. The number of carbonyl (C=O) groups is 2. The predicted octanol–water partition coefficient (Wildman–Crippen LogP) is 6.63. The van der Waals surface area contributed by atoms with Crippen molar-refractivity contribution in [1.82, 2.24) is 0 Å². The summed E-state index contributed by atoms with van der Waals surface area (Å²) in [6, 6.07) is 15.4. The van der Waals surface area contributed by atoms with Crippen molar-refractivity contribution < 1.29 is 47.5 Å². The molecule has 0 aromatic heterocycles. The molecule has 0 fully saturated rings. The van der Waals surface area contributed by atoms with Gasteiger partial charge in [0, 0.05) is 87.8 Å². The van der Waals surface area contributed by atoms with Crippen LogP contribution in [-0.4, -0.2) is 68.4 Å². The molecule has 0 radical (unpaired) electrons. The summed E-state index contributed by atoms with van der Waals surface area (Å²) in [6.45, 7) is 0. The molecule has 0 spiro atoms. The van der Waals surface area contributed by atoms with E-state index in [9.17, 15) is 9.59 Å². The van der Waals surface area contributed by atoms with Crippen LogP contribution in [0, 0.1) is 0 Å². The summed E-state index contributed by atoms with van der Waals surface area (Å²) in [5.74, 6) is 4.51. The molecular weight excluding hydrogens is 676 g/mol. The van der Waals surface area contributed by atoms with Crippen LogP contribution >= 0.6 is 0 Å². The van der Waals surface area contributed by atoms with Gasteiger partial charge in [0.1, 0.15) is 46.0 Å². The van der Waals surface area contributed by atoms with E-state index < -0.39 is 0 Å². The molecule has 4 aromatic carbocycles. The number of methoxy groups -OCH3 is 8. The lowest BCUT2D eigenvalue weighted by atomic mass is 9.88. The quantitative estimate of drug-likeness (QED) is 0.184. The second-order valence-electron chi connectivity index (χ2n) is 12.9. The third-order valence-electron chi connectivity index (χ3n) is 9.88. The molecule has 15 rings (SSSR count). The number of benzene rings is 4. The molecule has 0 heterocycles. The highest BCUT2D eigenvalue weighted by atomic mass is 16.5. The van der Waals surface area contributed by atoms with Gasteiger partial charge < -0.3 is 37.9 Å². The van der Waals surface area contributed by atoms with Crippen LogP contribution in [0.3, 0.4) is 0 Å². The lowest BCUT2D eigenvalue weighted by Gasteiger charge is -2.20. The van der Waals surface area contributed by atoms with Gasteiger partial charge in [-0.2, -0.15) is 0 Å². The molecule has 0 aliphatic heterocycles. The molecule has 0 unspecified atom stereocenters. The van der Waals surface area contributed by atoms with Crippen LogP contribution in [0.5, 0.6) is 46.0 Å². The first kappa shape index (κ1) is 36.9. The minimum atomic E-state index is -0.251. The fraction of sp³-hybridized carbons (Fsp3) is 0.302. The molecule has 0 N–H and O–H groups in total. The minimum Gasteiger partial charge on any atom is -0.496 e. The average molecular weight is 721 g/mol. The summed E-state index contributed by atoms with van der Waals surface area (Å²) >= 11 is 0. The maximum absolute atomic E-state index is 13.5. The van der Waals surface area contributed by atoms with Crippen molar-refractivity contribution in [1.29, 1.82) is 0 Å². The Balaban J connectivity index is 1.56. The van der Waals surface area contributed by atoms with E-state index in [4.69, 9.17) is 37.9 Å². The number of hydrogen-bond donors (Lipinski definition) is 0. The van der Waals surface area contributed by atoms with E-state index in [0.717, 1.165) is 33.4 Å². The van der Waals surface area contributed by atoms with E-state index in [1.807, 2.05) is 48.5 Å². The molecular formula is C43H44O10. The summed E-state index contributed by atoms with van der Waals surface area (Å²) in [5.41, 5.74) is 7.34. The van der Waals surface area contributed by atoms with Crippen LogP contribution in [0.15, 0.2) is 71.8 Å². The highest BCUT2D eigenvalue weighted by molar-refractivity contribution is 6.20. The zero-order valence-corrected chi connectivity index (χ0v) is 31.4. The first-order chi connectivity index (χ1) is 25.7. The Morgan fingerprint density at radius 2 is 0.472 bits per heavy atom. The number of hydrogen-bond acceptors (Lipinski definition) is 10. The van der Waals surface area contributed by atoms with Crippen LogP contribution < -0.4 is 37.9 Å². The Labute approximate surface area is 309 Å². The molecule has 53 heavy (non-hydrogen) atoms. The summed E-state index contributed by atoms with van der Waals surface area (Å²) in [5, 5.41) is 0. The van der Waals surface area contributed by atoms with Gasteiger partial charge in [0.05, 0.1) is 56.9 Å². The number of ketones is 2. The minimum absolute atomic E-state index is 0.179. The normalized spacial score (nSPS) is 14.0. The van der Waals surface area contributed by atoms with Gasteiger partial charge in [0.15, 0.2) is 11.6 Å². The Kier molecular flexibility index (Phi) is 11.0. The fourth-order valence-corrected chi connectivity index (χ4v) is 7.15. The van der Waals surface area contributed by atoms with E-state index in [-0.39, 0.29) is 24.4 Å². The van der Waals surface area contributed by atoms with Gasteiger partial charge in [0.2, 0.25) is 0 Å². The Bertz CT molecular complexity index is 1990. The lowest BCUT2D eigenvalue weighted by Crippen LogP contribution is -2.17. The van der Waals surface area contributed by atoms with Crippen LogP contribution in [0.2, 0.25) is 0 Å². The molecule has 4 aromatic rings. The smallest absolute Gasteiger partial charge is 0.182 e. The maximum atomic E-state index is 13.5. The molecule has 11 aliphatic carbocycles. The highest BCUT2D eigenvalue weighted by Gasteiger charge is 2.26. The lowest BCUT2D eigenvalue weighted by molar-refractivity contribution is -0.115. The van der Waals surface area contributed by atoms with E-state index in [1.54, 1.807) is 56.9 Å². The van der Waals surface area contributed by atoms with E-state index in [1.165, 1.54) is 12.2 Å². The van der Waals surface area contributed by atoms with Gasteiger partial charge in [-0.25, -0.2) is 0 Å². The zero-order valence-electron chi connectivity index (χ0n) is 31.4. The molecule has 0 saturated heterocycles. The Hall–Kier alpha value is -5.90. The summed E-state index contributed by atoms with van der Waals surface area (Å²) < 4.78 is 47.1. The number of allylic oxidation sites excluding steroid dienone is 4. The first-order valence-corrected chi connectivity index (χ1v) is 17.1. The Morgan fingerprint density at radius 3 is 0.642 bits per heavy atom. The summed E-state index contributed by atoms with van der Waals surface area (Å²) in [7, 11) is 12.9. The van der Waals surface area contributed by atoms with Crippen LogP contribution in [0.4, 0.5) is 0 Å². The van der Waals surface area contributed by atoms with Crippen molar-refractivity contribution in [3.05, 3.63) is 116 Å². The van der Waals surface area contributed by atoms with Crippen molar-refractivity contribution in [3.8, 4) is 46.0 Å². The highest BCUT2D eigenvalue weighted by Crippen LogP contribution is 2.40. The molecule has 0 atom stereocenters. The monoisotopic (exact) mass is 720 g/mol. The first-order valence-electron chi connectivity index (χ1n) is 17.1. The van der Waals surface area contributed by atoms with Crippen molar-refractivity contribution >= 4 is 11.6 Å². The van der Waals surface area contributed by atoms with Crippen molar-refractivity contribution in [2.24, 2.45) is 0 Å². The van der Waals surface area contributed by atoms with E-state index >= 15 is 0 Å². The molecule has 11 aliphatic rings. The molecule has 276 valence electrons. The van der Waals surface area contributed by atoms with Gasteiger partial charge in [-0.05, 0) is 60.7 Å². The van der Waals surface area contributed by atoms with Crippen molar-refractivity contribution in [3.63, 3.8) is 0 Å². The van der Waals surface area contributed by atoms with Crippen molar-refractivity contribution in [2.75, 3.05) is 56.9 Å². The number of carbonyl (C=O) groups excluding carboxylic acids is 2. The zero-order chi connectivity index (χ0) is 37.8. The third-order valence-corrected chi connectivity index (χ3v) is 9.88. The summed E-state index contributed by atoms with van der Waals surface area (Å²) in [4.78, 5) is 27.1. The molecule has 0 amide bonds. The SMILES string of the molecule is COc1cc2c(OC)cc1CC1=CC(=O)C(=CC1=O)Cc1cc(OC)c(cc1OC)Cc1cc(OC)c(cc1OC)Cc1cc(OC)c(cc1OC)C2. The molecule has 0 saturated carbocycles. The fourth-order valence-electron chi connectivity index (χ4n) is 7.15. The standard InChI is InChI=1S/C43H44O10/c1-46-36-18-28-11-30-20-42(52-7)32(22-40(30)50-5)13-33-23-41(51-6)31(21-43(33)53-8)12-29-19-37(47-2)27(17-39(29)49-4)10-25-15-34(44)24(14-35(25)45)9-26(36)16-38(28)48-3/h14-23H,9-13H2,1-8H3. The number of rotatable bonds is 8. The van der Waals surface area contributed by atoms with Crippen LogP contribution in [-0.2, 0) is 41.7 Å². The van der Waals surface area contributed by atoms with Gasteiger partial charge in [-0.1, -0.05) is 0 Å². The topological polar surface area (TPSA) is 108 Å². The van der Waals surface area contributed by atoms with Crippen LogP contribution in [0.25, 0.3) is 0 Å². The molecule has 10 nitrogen and oxygen atoms in total. The van der Waals surface area contributed by atoms with Gasteiger partial charge in [-0.15, -0.1) is 0 Å².